The lowest BCUT2D eigenvalue weighted by Gasteiger charge is -2.25. The molecule has 1 amide bonds. The summed E-state index contributed by atoms with van der Waals surface area (Å²) < 4.78 is 0. The third-order valence-corrected chi connectivity index (χ3v) is 6.25. The van der Waals surface area contributed by atoms with E-state index in [1.54, 1.807) is 29.2 Å². The summed E-state index contributed by atoms with van der Waals surface area (Å²) in [6.45, 7) is 7.83. The third kappa shape index (κ3) is 4.03. The Morgan fingerprint density at radius 2 is 1.82 bits per heavy atom. The number of rotatable bonds is 8. The fourth-order valence-electron chi connectivity index (χ4n) is 3.71. The van der Waals surface area contributed by atoms with Crippen molar-refractivity contribution in [2.24, 2.45) is 0 Å². The Bertz CT molecular complexity index is 842. The van der Waals surface area contributed by atoms with E-state index in [4.69, 9.17) is 0 Å². The molecule has 0 unspecified atom stereocenters. The van der Waals surface area contributed by atoms with E-state index in [1.807, 2.05) is 23.6 Å². The molecular weight excluding hydrogens is 372 g/mol. The topological polar surface area (TPSA) is 62.0 Å². The quantitative estimate of drug-likeness (QED) is 0.407. The number of quaternary nitrogens is 1. The van der Waals surface area contributed by atoms with E-state index in [1.165, 1.54) is 16.2 Å². The van der Waals surface area contributed by atoms with Gasteiger partial charge in [0.2, 0.25) is 0 Å². The van der Waals surface area contributed by atoms with Gasteiger partial charge in [-0.2, -0.15) is 0 Å². The van der Waals surface area contributed by atoms with Crippen LogP contribution in [0, 0.1) is 0 Å². The van der Waals surface area contributed by atoms with Crippen molar-refractivity contribution in [1.82, 2.24) is 4.90 Å². The molecule has 1 aromatic carbocycles. The standard InChI is InChI=1S/C22H26N2O3S/c1-3-23(4-2)13-9-14-24-19(17-12-8-15-28-17)18(21(26)22(24)27)20(25)16-10-6-5-7-11-16/h5-8,10-12,15,19,25H,3-4,9,13-14H2,1-2H3/p+1/b20-18+/t19-/m0/s1. The molecule has 0 bridgehead atoms. The third-order valence-electron chi connectivity index (χ3n) is 5.33. The molecule has 0 radical (unpaired) electrons. The van der Waals surface area contributed by atoms with E-state index in [9.17, 15) is 14.7 Å². The van der Waals surface area contributed by atoms with Crippen LogP contribution in [0.15, 0.2) is 53.4 Å². The molecule has 148 valence electrons. The van der Waals surface area contributed by atoms with Gasteiger partial charge in [0.05, 0.1) is 31.2 Å². The second kappa shape index (κ2) is 9.17. The molecule has 1 aromatic heterocycles. The average molecular weight is 400 g/mol. The highest BCUT2D eigenvalue weighted by atomic mass is 32.1. The first-order chi connectivity index (χ1) is 13.6. The molecule has 1 saturated heterocycles. The highest BCUT2D eigenvalue weighted by Gasteiger charge is 2.46. The number of benzene rings is 1. The fourth-order valence-corrected chi connectivity index (χ4v) is 4.55. The minimum absolute atomic E-state index is 0.103. The van der Waals surface area contributed by atoms with E-state index in [0.717, 1.165) is 30.9 Å². The Kier molecular flexibility index (Phi) is 6.65. The molecule has 5 nitrogen and oxygen atoms in total. The van der Waals surface area contributed by atoms with E-state index < -0.39 is 17.7 Å². The lowest BCUT2D eigenvalue weighted by atomic mass is 10.00. The number of likely N-dealkylation sites (tertiary alicyclic amines) is 1. The number of amides is 1. The van der Waals surface area contributed by atoms with Gasteiger partial charge in [-0.1, -0.05) is 36.4 Å². The Morgan fingerprint density at radius 3 is 2.43 bits per heavy atom. The highest BCUT2D eigenvalue weighted by molar-refractivity contribution is 7.10. The minimum atomic E-state index is -0.602. The summed E-state index contributed by atoms with van der Waals surface area (Å²) in [5, 5.41) is 12.8. The molecule has 2 aromatic rings. The van der Waals surface area contributed by atoms with Crippen LogP contribution in [0.25, 0.3) is 5.76 Å². The van der Waals surface area contributed by atoms with Gasteiger partial charge in [0.25, 0.3) is 11.7 Å². The molecule has 1 fully saturated rings. The molecule has 1 atom stereocenters. The zero-order valence-corrected chi connectivity index (χ0v) is 17.2. The maximum atomic E-state index is 12.8. The molecule has 1 aliphatic heterocycles. The van der Waals surface area contributed by atoms with Crippen molar-refractivity contribution in [2.75, 3.05) is 26.2 Å². The van der Waals surface area contributed by atoms with E-state index >= 15 is 0 Å². The lowest BCUT2D eigenvalue weighted by Crippen LogP contribution is -3.11. The van der Waals surface area contributed by atoms with Crippen LogP contribution in [-0.4, -0.2) is 47.9 Å². The number of ketones is 1. The number of nitrogens with zero attached hydrogens (tertiary/aromatic N) is 1. The Balaban J connectivity index is 1.94. The fraction of sp³-hybridized carbons (Fsp3) is 0.364. The Hall–Kier alpha value is -2.44. The second-order valence-electron chi connectivity index (χ2n) is 6.93. The summed E-state index contributed by atoms with van der Waals surface area (Å²) in [7, 11) is 0. The van der Waals surface area contributed by atoms with Crippen LogP contribution in [0.2, 0.25) is 0 Å². The van der Waals surface area contributed by atoms with Gasteiger partial charge in [-0.05, 0) is 25.3 Å². The number of carbonyl (C=O) groups excluding carboxylic acids is 2. The van der Waals surface area contributed by atoms with Crippen molar-refractivity contribution in [1.29, 1.82) is 0 Å². The second-order valence-corrected chi connectivity index (χ2v) is 7.91. The number of thiophene rings is 1. The van der Waals surface area contributed by atoms with E-state index in [0.29, 0.717) is 12.1 Å². The van der Waals surface area contributed by atoms with Crippen LogP contribution >= 0.6 is 11.3 Å². The van der Waals surface area contributed by atoms with Crippen molar-refractivity contribution >= 4 is 28.8 Å². The summed E-state index contributed by atoms with van der Waals surface area (Å²) in [6, 6.07) is 12.3. The van der Waals surface area contributed by atoms with Crippen LogP contribution < -0.4 is 4.90 Å². The average Bonchev–Trinajstić information content (AvgIpc) is 3.33. The van der Waals surface area contributed by atoms with Gasteiger partial charge in [-0.3, -0.25) is 9.59 Å². The van der Waals surface area contributed by atoms with Gasteiger partial charge < -0.3 is 14.9 Å². The monoisotopic (exact) mass is 399 g/mol. The zero-order valence-electron chi connectivity index (χ0n) is 16.4. The predicted octanol–water partition coefficient (Wildman–Crippen LogP) is 2.48. The molecule has 0 aliphatic carbocycles. The number of hydrogen-bond acceptors (Lipinski definition) is 4. The molecule has 3 rings (SSSR count). The van der Waals surface area contributed by atoms with Crippen molar-refractivity contribution in [3.05, 3.63) is 63.9 Å². The summed E-state index contributed by atoms with van der Waals surface area (Å²) in [6.07, 6.45) is 0.817. The van der Waals surface area contributed by atoms with Gasteiger partial charge in [-0.25, -0.2) is 0 Å². The first-order valence-electron chi connectivity index (χ1n) is 9.79. The molecular formula is C22H27N2O3S+. The van der Waals surface area contributed by atoms with Crippen molar-refractivity contribution in [3.8, 4) is 0 Å². The van der Waals surface area contributed by atoms with Gasteiger partial charge in [0, 0.05) is 23.4 Å². The molecule has 28 heavy (non-hydrogen) atoms. The maximum Gasteiger partial charge on any atom is 0.295 e. The van der Waals surface area contributed by atoms with Gasteiger partial charge in [0.1, 0.15) is 5.76 Å². The predicted molar refractivity (Wildman–Crippen MR) is 111 cm³/mol. The molecule has 6 heteroatoms. The SMILES string of the molecule is CC[NH+](CC)CCCN1C(=O)C(=O)/C(=C(/O)c2ccccc2)[C@@H]1c1cccs1. The number of hydrogen-bond donors (Lipinski definition) is 2. The normalized spacial score (nSPS) is 19.0. The van der Waals surface area contributed by atoms with Crippen molar-refractivity contribution in [2.45, 2.75) is 26.3 Å². The largest absolute Gasteiger partial charge is 0.507 e. The molecule has 2 heterocycles. The molecule has 0 saturated carbocycles. The van der Waals surface area contributed by atoms with E-state index in [-0.39, 0.29) is 11.3 Å². The summed E-state index contributed by atoms with van der Waals surface area (Å²) >= 11 is 1.50. The van der Waals surface area contributed by atoms with Crippen LogP contribution in [0.1, 0.15) is 36.8 Å². The number of Topliss-reactive ketones (excluding diaryl/α,β-unsaturated/α-hetero) is 1. The summed E-state index contributed by atoms with van der Waals surface area (Å²) in [4.78, 5) is 29.6. The molecule has 0 spiro atoms. The molecule has 2 N–H and O–H groups in total. The number of aliphatic hydroxyl groups is 1. The summed E-state index contributed by atoms with van der Waals surface area (Å²) in [5.41, 5.74) is 0.739. The number of aliphatic hydroxyl groups excluding tert-OH is 1. The van der Waals surface area contributed by atoms with Gasteiger partial charge >= 0.3 is 0 Å². The Morgan fingerprint density at radius 1 is 1.11 bits per heavy atom. The van der Waals surface area contributed by atoms with Crippen molar-refractivity contribution in [3.63, 3.8) is 0 Å². The van der Waals surface area contributed by atoms with Gasteiger partial charge in [-0.15, -0.1) is 11.3 Å². The maximum absolute atomic E-state index is 12.8. The van der Waals surface area contributed by atoms with Crippen LogP contribution in [0.3, 0.4) is 0 Å². The van der Waals surface area contributed by atoms with Gasteiger partial charge in [0.15, 0.2) is 0 Å². The first kappa shape index (κ1) is 20.3. The Labute approximate surface area is 169 Å². The first-order valence-corrected chi connectivity index (χ1v) is 10.7. The lowest BCUT2D eigenvalue weighted by molar-refractivity contribution is -0.896. The smallest absolute Gasteiger partial charge is 0.295 e. The highest BCUT2D eigenvalue weighted by Crippen LogP contribution is 2.40. The minimum Gasteiger partial charge on any atom is -0.507 e. The van der Waals surface area contributed by atoms with Crippen LogP contribution in [0.5, 0.6) is 0 Å². The number of nitrogens with one attached hydrogen (secondary N) is 1. The van der Waals surface area contributed by atoms with Crippen molar-refractivity contribution < 1.29 is 19.6 Å². The zero-order chi connectivity index (χ0) is 20.1. The van der Waals surface area contributed by atoms with E-state index in [2.05, 4.69) is 13.8 Å². The van der Waals surface area contributed by atoms with Crippen LogP contribution in [0.4, 0.5) is 0 Å². The summed E-state index contributed by atoms with van der Waals surface area (Å²) in [5.74, 6) is -1.23. The van der Waals surface area contributed by atoms with Crippen LogP contribution in [-0.2, 0) is 9.59 Å². The number of carbonyl (C=O) groups is 2. The molecule has 1 aliphatic rings.